The number of nitrogens with zero attached hydrogens (tertiary/aromatic N) is 1. The molecule has 1 unspecified atom stereocenters. The van der Waals surface area contributed by atoms with Crippen molar-refractivity contribution in [2.45, 2.75) is 51.9 Å². The van der Waals surface area contributed by atoms with Gasteiger partial charge in [0.25, 0.3) is 0 Å². The number of hydrogen-bond donors (Lipinski definition) is 2. The van der Waals surface area contributed by atoms with Crippen LogP contribution >= 0.6 is 0 Å². The average Bonchev–Trinajstić information content (AvgIpc) is 2.85. The van der Waals surface area contributed by atoms with Gasteiger partial charge in [-0.15, -0.1) is 0 Å². The number of carboxylic acid groups (broad SMARTS) is 1. The fraction of sp³-hybridized carbons (Fsp3) is 0.846. The number of aliphatic carboxylic acids is 1. The van der Waals surface area contributed by atoms with Gasteiger partial charge in [-0.1, -0.05) is 13.8 Å². The molecular formula is C13H24N2O4. The van der Waals surface area contributed by atoms with Gasteiger partial charge in [0.15, 0.2) is 6.10 Å². The lowest BCUT2D eigenvalue weighted by molar-refractivity contribution is -0.151. The molecule has 1 saturated heterocycles. The normalized spacial score (nSPS) is 24.4. The van der Waals surface area contributed by atoms with Gasteiger partial charge in [-0.2, -0.15) is 0 Å². The SMILES string of the molecule is CCN(CC)CC(C)NC(=O)[C@@H]1CC[C@H](C(=O)O)O1. The molecular weight excluding hydrogens is 248 g/mol. The van der Waals surface area contributed by atoms with Crippen LogP contribution in [0.2, 0.25) is 0 Å². The van der Waals surface area contributed by atoms with Gasteiger partial charge in [0.1, 0.15) is 6.10 Å². The Morgan fingerprint density at radius 1 is 1.32 bits per heavy atom. The maximum Gasteiger partial charge on any atom is 0.332 e. The third kappa shape index (κ3) is 4.80. The molecule has 1 aliphatic heterocycles. The number of rotatable bonds is 7. The monoisotopic (exact) mass is 272 g/mol. The van der Waals surface area contributed by atoms with Crippen molar-refractivity contribution in [3.63, 3.8) is 0 Å². The first-order chi connectivity index (χ1) is 8.97. The number of carbonyl (C=O) groups excluding carboxylic acids is 1. The summed E-state index contributed by atoms with van der Waals surface area (Å²) in [4.78, 5) is 24.9. The van der Waals surface area contributed by atoms with Gasteiger partial charge in [0, 0.05) is 12.6 Å². The minimum atomic E-state index is -0.994. The van der Waals surface area contributed by atoms with E-state index in [9.17, 15) is 9.59 Å². The summed E-state index contributed by atoms with van der Waals surface area (Å²) in [6.45, 7) is 8.77. The van der Waals surface area contributed by atoms with Crippen LogP contribution in [0.25, 0.3) is 0 Å². The van der Waals surface area contributed by atoms with E-state index in [-0.39, 0.29) is 11.9 Å². The minimum Gasteiger partial charge on any atom is -0.479 e. The summed E-state index contributed by atoms with van der Waals surface area (Å²) >= 11 is 0. The van der Waals surface area contributed by atoms with E-state index in [2.05, 4.69) is 24.1 Å². The van der Waals surface area contributed by atoms with E-state index in [4.69, 9.17) is 9.84 Å². The highest BCUT2D eigenvalue weighted by Crippen LogP contribution is 2.20. The highest BCUT2D eigenvalue weighted by Gasteiger charge is 2.35. The molecule has 0 saturated carbocycles. The molecule has 0 spiro atoms. The maximum absolute atomic E-state index is 11.9. The Hall–Kier alpha value is -1.14. The minimum absolute atomic E-state index is 0.0277. The molecule has 0 aromatic carbocycles. The number of likely N-dealkylation sites (N-methyl/N-ethyl adjacent to an activating group) is 1. The van der Waals surface area contributed by atoms with Crippen LogP contribution in [-0.4, -0.2) is 59.8 Å². The van der Waals surface area contributed by atoms with Crippen molar-refractivity contribution >= 4 is 11.9 Å². The summed E-state index contributed by atoms with van der Waals surface area (Å²) in [5.41, 5.74) is 0. The fourth-order valence-electron chi connectivity index (χ4n) is 2.26. The molecule has 1 fully saturated rings. The Bertz CT molecular complexity index is 318. The Morgan fingerprint density at radius 3 is 2.37 bits per heavy atom. The second-order valence-electron chi connectivity index (χ2n) is 4.92. The van der Waals surface area contributed by atoms with E-state index in [0.717, 1.165) is 19.6 Å². The third-order valence-electron chi connectivity index (χ3n) is 3.40. The van der Waals surface area contributed by atoms with E-state index in [1.807, 2.05) is 6.92 Å². The number of hydrogen-bond acceptors (Lipinski definition) is 4. The Labute approximate surface area is 114 Å². The van der Waals surface area contributed by atoms with Gasteiger partial charge in [-0.25, -0.2) is 4.79 Å². The molecule has 0 aliphatic carbocycles. The van der Waals surface area contributed by atoms with E-state index in [0.29, 0.717) is 12.8 Å². The molecule has 6 heteroatoms. The smallest absolute Gasteiger partial charge is 0.332 e. The topological polar surface area (TPSA) is 78.9 Å². The van der Waals surface area contributed by atoms with Crippen molar-refractivity contribution in [1.82, 2.24) is 10.2 Å². The van der Waals surface area contributed by atoms with E-state index in [1.54, 1.807) is 0 Å². The van der Waals surface area contributed by atoms with Crippen LogP contribution < -0.4 is 5.32 Å². The Kier molecular flexibility index (Phi) is 6.24. The van der Waals surface area contributed by atoms with Crippen molar-refractivity contribution in [1.29, 1.82) is 0 Å². The maximum atomic E-state index is 11.9. The summed E-state index contributed by atoms with van der Waals surface area (Å²) in [6.07, 6.45) is -0.590. The standard InChI is InChI=1S/C13H24N2O4/c1-4-15(5-2)8-9(3)14-12(16)10-6-7-11(19-10)13(17)18/h9-11H,4-8H2,1-3H3,(H,14,16)(H,17,18)/t9?,10-,11+/m0/s1. The van der Waals surface area contributed by atoms with Crippen LogP contribution in [0.4, 0.5) is 0 Å². The molecule has 0 radical (unpaired) electrons. The second-order valence-corrected chi connectivity index (χ2v) is 4.92. The van der Waals surface area contributed by atoms with Crippen LogP contribution in [-0.2, 0) is 14.3 Å². The van der Waals surface area contributed by atoms with Gasteiger partial charge < -0.3 is 20.1 Å². The zero-order valence-corrected chi connectivity index (χ0v) is 11.9. The highest BCUT2D eigenvalue weighted by molar-refractivity contribution is 5.82. The van der Waals surface area contributed by atoms with Crippen LogP contribution in [0.15, 0.2) is 0 Å². The van der Waals surface area contributed by atoms with Gasteiger partial charge in [0.05, 0.1) is 0 Å². The highest BCUT2D eigenvalue weighted by atomic mass is 16.5. The average molecular weight is 272 g/mol. The molecule has 1 amide bonds. The van der Waals surface area contributed by atoms with Crippen LogP contribution in [0.1, 0.15) is 33.6 Å². The molecule has 0 aromatic heterocycles. The first-order valence-electron chi connectivity index (χ1n) is 6.88. The molecule has 3 atom stereocenters. The van der Waals surface area contributed by atoms with Crippen LogP contribution in [0, 0.1) is 0 Å². The predicted octanol–water partition coefficient (Wildman–Crippen LogP) is 0.465. The van der Waals surface area contributed by atoms with Crippen molar-refractivity contribution in [3.05, 3.63) is 0 Å². The first kappa shape index (κ1) is 15.9. The molecule has 0 aromatic rings. The molecule has 6 nitrogen and oxygen atoms in total. The largest absolute Gasteiger partial charge is 0.479 e. The number of carboxylic acids is 1. The Morgan fingerprint density at radius 2 is 1.89 bits per heavy atom. The second kappa shape index (κ2) is 7.45. The lowest BCUT2D eigenvalue weighted by Crippen LogP contribution is -2.45. The van der Waals surface area contributed by atoms with Gasteiger partial charge in [-0.05, 0) is 32.9 Å². The van der Waals surface area contributed by atoms with Crippen LogP contribution in [0.5, 0.6) is 0 Å². The molecule has 2 N–H and O–H groups in total. The molecule has 1 heterocycles. The lowest BCUT2D eigenvalue weighted by Gasteiger charge is -2.24. The van der Waals surface area contributed by atoms with Gasteiger partial charge in [0.2, 0.25) is 5.91 Å². The molecule has 0 bridgehead atoms. The van der Waals surface area contributed by atoms with Crippen molar-refractivity contribution in [3.8, 4) is 0 Å². The molecule has 19 heavy (non-hydrogen) atoms. The number of carbonyl (C=O) groups is 2. The summed E-state index contributed by atoms with van der Waals surface area (Å²) in [6, 6.07) is 0.0277. The third-order valence-corrected chi connectivity index (χ3v) is 3.40. The summed E-state index contributed by atoms with van der Waals surface area (Å²) in [7, 11) is 0. The van der Waals surface area contributed by atoms with Crippen molar-refractivity contribution < 1.29 is 19.4 Å². The number of ether oxygens (including phenoxy) is 1. The fourth-order valence-corrected chi connectivity index (χ4v) is 2.26. The predicted molar refractivity (Wildman–Crippen MR) is 70.9 cm³/mol. The molecule has 1 rings (SSSR count). The van der Waals surface area contributed by atoms with E-state index >= 15 is 0 Å². The van der Waals surface area contributed by atoms with E-state index in [1.165, 1.54) is 0 Å². The van der Waals surface area contributed by atoms with Crippen molar-refractivity contribution in [2.24, 2.45) is 0 Å². The van der Waals surface area contributed by atoms with Gasteiger partial charge >= 0.3 is 5.97 Å². The van der Waals surface area contributed by atoms with Crippen LogP contribution in [0.3, 0.4) is 0 Å². The quantitative estimate of drug-likeness (QED) is 0.704. The first-order valence-corrected chi connectivity index (χ1v) is 6.88. The van der Waals surface area contributed by atoms with E-state index < -0.39 is 18.2 Å². The zero-order valence-electron chi connectivity index (χ0n) is 11.9. The summed E-state index contributed by atoms with van der Waals surface area (Å²) in [5.74, 6) is -1.20. The number of amides is 1. The number of nitrogens with one attached hydrogen (secondary N) is 1. The summed E-state index contributed by atoms with van der Waals surface area (Å²) < 4.78 is 5.22. The molecule has 110 valence electrons. The zero-order chi connectivity index (χ0) is 14.4. The summed E-state index contributed by atoms with van der Waals surface area (Å²) in [5, 5.41) is 11.7. The van der Waals surface area contributed by atoms with Crippen molar-refractivity contribution in [2.75, 3.05) is 19.6 Å². The lowest BCUT2D eigenvalue weighted by atomic mass is 10.2. The Balaban J connectivity index is 2.37. The van der Waals surface area contributed by atoms with Gasteiger partial charge in [-0.3, -0.25) is 4.79 Å². The molecule has 1 aliphatic rings.